The Hall–Kier alpha value is -3.56. The normalized spacial score (nSPS) is 11.7. The van der Waals surface area contributed by atoms with Crippen molar-refractivity contribution in [1.82, 2.24) is 9.55 Å². The van der Waals surface area contributed by atoms with Crippen molar-refractivity contribution in [2.75, 3.05) is 0 Å². The van der Waals surface area contributed by atoms with Crippen molar-refractivity contribution in [2.24, 2.45) is 0 Å². The zero-order valence-corrected chi connectivity index (χ0v) is 19.8. The van der Waals surface area contributed by atoms with E-state index in [1.54, 1.807) is 18.3 Å². The Morgan fingerprint density at radius 3 is 2.64 bits per heavy atom. The second-order valence-corrected chi connectivity index (χ2v) is 9.05. The maximum Gasteiger partial charge on any atom is 0.304 e. The number of aliphatic carboxylic acids is 1. The van der Waals surface area contributed by atoms with Crippen LogP contribution in [0.3, 0.4) is 0 Å². The number of aryl methyl sites for hydroxylation is 2. The highest BCUT2D eigenvalue weighted by Crippen LogP contribution is 2.27. The molecule has 0 spiro atoms. The minimum Gasteiger partial charge on any atom is -0.489 e. The van der Waals surface area contributed by atoms with Gasteiger partial charge >= 0.3 is 5.97 Å². The smallest absolute Gasteiger partial charge is 0.304 e. The van der Waals surface area contributed by atoms with Crippen molar-refractivity contribution in [3.63, 3.8) is 0 Å². The van der Waals surface area contributed by atoms with Crippen LogP contribution < -0.4 is 4.74 Å². The lowest BCUT2D eigenvalue weighted by Gasteiger charge is -2.13. The molecule has 0 radical (unpaired) electrons. The van der Waals surface area contributed by atoms with Crippen molar-refractivity contribution in [3.05, 3.63) is 81.4 Å². The van der Waals surface area contributed by atoms with Crippen LogP contribution in [-0.2, 0) is 17.9 Å². The van der Waals surface area contributed by atoms with Gasteiger partial charge in [-0.2, -0.15) is 0 Å². The highest BCUT2D eigenvalue weighted by Gasteiger charge is 2.14. The molecule has 2 heterocycles. The third-order valence-corrected chi connectivity index (χ3v) is 6.49. The first-order valence-electron chi connectivity index (χ1n) is 10.8. The van der Waals surface area contributed by atoms with E-state index >= 15 is 0 Å². The van der Waals surface area contributed by atoms with Crippen molar-refractivity contribution in [1.29, 1.82) is 0 Å². The molecule has 0 aliphatic rings. The number of ether oxygens (including phenoxy) is 1. The molecule has 33 heavy (non-hydrogen) atoms. The Bertz CT molecular complexity index is 1340. The number of fused-ring (bicyclic) bond motifs is 1. The standard InChI is InChI=1S/C27H26N2O3S/c1-4-5-22(14-26(30)31)20-8-10-25(11-9-20)32-16-23-7-6-21-12-13-29(27(21)18(23)2)15-24-17-33-19(3)28-24/h6-13,17,22H,14-16H2,1-3H3,(H,30,31)/t22-/m0/s1. The maximum atomic E-state index is 11.1. The molecule has 0 saturated heterocycles. The number of carboxylic acids is 1. The Labute approximate surface area is 197 Å². The van der Waals surface area contributed by atoms with Gasteiger partial charge in [-0.3, -0.25) is 4.79 Å². The van der Waals surface area contributed by atoms with Crippen LogP contribution in [0.2, 0.25) is 0 Å². The lowest BCUT2D eigenvalue weighted by molar-refractivity contribution is -0.137. The summed E-state index contributed by atoms with van der Waals surface area (Å²) in [4.78, 5) is 15.7. The van der Waals surface area contributed by atoms with Crippen LogP contribution in [-0.4, -0.2) is 20.6 Å². The van der Waals surface area contributed by atoms with Crippen molar-refractivity contribution < 1.29 is 14.6 Å². The van der Waals surface area contributed by atoms with Crippen LogP contribution in [0, 0.1) is 25.7 Å². The predicted molar refractivity (Wildman–Crippen MR) is 132 cm³/mol. The second kappa shape index (κ2) is 9.93. The van der Waals surface area contributed by atoms with Gasteiger partial charge in [-0.25, -0.2) is 4.98 Å². The molecule has 168 valence electrons. The average molecular weight is 459 g/mol. The molecule has 0 aliphatic heterocycles. The van der Waals surface area contributed by atoms with E-state index in [9.17, 15) is 4.79 Å². The minimum absolute atomic E-state index is 0.0135. The molecule has 0 amide bonds. The van der Waals surface area contributed by atoms with Crippen LogP contribution in [0.4, 0.5) is 0 Å². The van der Waals surface area contributed by atoms with Gasteiger partial charge in [0.05, 0.1) is 35.1 Å². The second-order valence-electron chi connectivity index (χ2n) is 7.99. The van der Waals surface area contributed by atoms with E-state index in [1.165, 1.54) is 16.5 Å². The van der Waals surface area contributed by atoms with Gasteiger partial charge in [-0.15, -0.1) is 17.3 Å². The summed E-state index contributed by atoms with van der Waals surface area (Å²) in [7, 11) is 0. The molecule has 4 rings (SSSR count). The van der Waals surface area contributed by atoms with Crippen LogP contribution in [0.25, 0.3) is 10.9 Å². The highest BCUT2D eigenvalue weighted by atomic mass is 32.1. The fraction of sp³-hybridized carbons (Fsp3) is 0.259. The fourth-order valence-corrected chi connectivity index (χ4v) is 4.63. The minimum atomic E-state index is -0.858. The van der Waals surface area contributed by atoms with Crippen LogP contribution in [0.15, 0.2) is 54.0 Å². The zero-order chi connectivity index (χ0) is 23.4. The van der Waals surface area contributed by atoms with Gasteiger partial charge in [0, 0.05) is 11.6 Å². The Balaban J connectivity index is 1.50. The van der Waals surface area contributed by atoms with Gasteiger partial charge in [-0.05, 0) is 61.0 Å². The van der Waals surface area contributed by atoms with E-state index in [0.29, 0.717) is 6.61 Å². The van der Waals surface area contributed by atoms with E-state index in [-0.39, 0.29) is 12.3 Å². The van der Waals surface area contributed by atoms with Gasteiger partial charge in [0.15, 0.2) is 0 Å². The van der Waals surface area contributed by atoms with E-state index in [1.807, 2.05) is 31.2 Å². The topological polar surface area (TPSA) is 64.3 Å². The first-order valence-corrected chi connectivity index (χ1v) is 11.7. The van der Waals surface area contributed by atoms with Crippen LogP contribution in [0.1, 0.15) is 46.7 Å². The number of benzene rings is 2. The van der Waals surface area contributed by atoms with Crippen LogP contribution >= 0.6 is 11.3 Å². The maximum absolute atomic E-state index is 11.1. The Kier molecular flexibility index (Phi) is 6.81. The van der Waals surface area contributed by atoms with Gasteiger partial charge in [0.2, 0.25) is 0 Å². The molecule has 1 N–H and O–H groups in total. The zero-order valence-electron chi connectivity index (χ0n) is 19.0. The predicted octanol–water partition coefficient (Wildman–Crippen LogP) is 5.92. The summed E-state index contributed by atoms with van der Waals surface area (Å²) in [5.41, 5.74) is 5.48. The number of thiazole rings is 1. The van der Waals surface area contributed by atoms with Gasteiger partial charge in [0.25, 0.3) is 0 Å². The first kappa shape index (κ1) is 22.6. The Morgan fingerprint density at radius 1 is 1.18 bits per heavy atom. The summed E-state index contributed by atoms with van der Waals surface area (Å²) in [5.74, 6) is 5.36. The molecule has 4 aromatic rings. The summed E-state index contributed by atoms with van der Waals surface area (Å²) in [6.07, 6.45) is 2.10. The molecule has 1 atom stereocenters. The molecule has 0 aliphatic carbocycles. The number of hydrogen-bond acceptors (Lipinski definition) is 4. The van der Waals surface area contributed by atoms with Crippen molar-refractivity contribution in [2.45, 2.75) is 46.3 Å². The van der Waals surface area contributed by atoms with Gasteiger partial charge in [0.1, 0.15) is 12.4 Å². The number of hydrogen-bond donors (Lipinski definition) is 1. The molecular formula is C27H26N2O3S. The molecule has 0 fully saturated rings. The number of carbonyl (C=O) groups is 1. The summed E-state index contributed by atoms with van der Waals surface area (Å²) in [5, 5.41) is 13.5. The monoisotopic (exact) mass is 458 g/mol. The summed E-state index contributed by atoms with van der Waals surface area (Å²) < 4.78 is 8.31. The summed E-state index contributed by atoms with van der Waals surface area (Å²) in [6, 6.07) is 13.9. The first-order chi connectivity index (χ1) is 15.9. The molecule has 0 saturated carbocycles. The van der Waals surface area contributed by atoms with E-state index in [4.69, 9.17) is 9.84 Å². The summed E-state index contributed by atoms with van der Waals surface area (Å²) >= 11 is 1.67. The molecule has 0 unspecified atom stereocenters. The molecule has 6 heteroatoms. The van der Waals surface area contributed by atoms with E-state index in [0.717, 1.165) is 34.1 Å². The third kappa shape index (κ3) is 5.27. The lowest BCUT2D eigenvalue weighted by atomic mass is 9.96. The fourth-order valence-electron chi connectivity index (χ4n) is 4.03. The van der Waals surface area contributed by atoms with Crippen molar-refractivity contribution in [3.8, 4) is 17.6 Å². The highest BCUT2D eigenvalue weighted by molar-refractivity contribution is 7.09. The quantitative estimate of drug-likeness (QED) is 0.333. The molecule has 2 aromatic heterocycles. The van der Waals surface area contributed by atoms with Crippen LogP contribution in [0.5, 0.6) is 5.75 Å². The molecular weight excluding hydrogens is 432 g/mol. The summed E-state index contributed by atoms with van der Waals surface area (Å²) in [6.45, 7) is 7.08. The van der Waals surface area contributed by atoms with Crippen molar-refractivity contribution >= 4 is 28.2 Å². The van der Waals surface area contributed by atoms with E-state index in [2.05, 4.69) is 58.1 Å². The van der Waals surface area contributed by atoms with Gasteiger partial charge in [-0.1, -0.05) is 30.2 Å². The number of rotatable bonds is 8. The average Bonchev–Trinajstić information content (AvgIpc) is 3.39. The number of carboxylic acid groups (broad SMARTS) is 1. The molecule has 5 nitrogen and oxygen atoms in total. The molecule has 2 aromatic carbocycles. The Morgan fingerprint density at radius 2 is 1.97 bits per heavy atom. The third-order valence-electron chi connectivity index (χ3n) is 5.67. The van der Waals surface area contributed by atoms with Gasteiger partial charge < -0.3 is 14.4 Å². The number of nitrogens with zero attached hydrogens (tertiary/aromatic N) is 2. The largest absolute Gasteiger partial charge is 0.489 e. The molecule has 0 bridgehead atoms. The SMILES string of the molecule is CC#C[C@@H](CC(=O)O)c1ccc(OCc2ccc3ccn(Cc4csc(C)n4)c3c2C)cc1. The number of aromatic nitrogens is 2. The van der Waals surface area contributed by atoms with E-state index < -0.39 is 5.97 Å². The lowest BCUT2D eigenvalue weighted by Crippen LogP contribution is -2.05.